The molecule has 0 aliphatic heterocycles. The van der Waals surface area contributed by atoms with Crippen molar-refractivity contribution >= 4 is 22.5 Å². The van der Waals surface area contributed by atoms with Crippen LogP contribution in [0.2, 0.25) is 5.02 Å². The van der Waals surface area contributed by atoms with Crippen molar-refractivity contribution in [3.63, 3.8) is 0 Å². The minimum Gasteiger partial charge on any atom is -0.496 e. The zero-order chi connectivity index (χ0) is 14.7. The van der Waals surface area contributed by atoms with Gasteiger partial charge in [0.05, 0.1) is 30.8 Å². The molecule has 2 rings (SSSR count). The van der Waals surface area contributed by atoms with E-state index in [0.29, 0.717) is 39.4 Å². The van der Waals surface area contributed by atoms with Crippen LogP contribution in [0.15, 0.2) is 16.9 Å². The van der Waals surface area contributed by atoms with Gasteiger partial charge in [0.15, 0.2) is 5.75 Å². The zero-order valence-electron chi connectivity index (χ0n) is 11.1. The first kappa shape index (κ1) is 14.2. The number of aryl methyl sites for hydroxylation is 1. The molecule has 0 saturated heterocycles. The number of hydrogen-bond acceptors (Lipinski definition) is 4. The maximum atomic E-state index is 12.0. The van der Waals surface area contributed by atoms with E-state index in [0.717, 1.165) is 0 Å². The summed E-state index contributed by atoms with van der Waals surface area (Å²) in [7, 11) is 3.01. The van der Waals surface area contributed by atoms with Gasteiger partial charge >= 0.3 is 0 Å². The molecule has 0 spiro atoms. The Balaban J connectivity index is 2.76. The number of H-pyrrole nitrogens is 1. The molecule has 1 heterocycles. The first-order chi connectivity index (χ1) is 9.62. The van der Waals surface area contributed by atoms with Crippen LogP contribution in [0.1, 0.15) is 12.0 Å². The zero-order valence-corrected chi connectivity index (χ0v) is 11.9. The minimum absolute atomic E-state index is 0.254. The number of fused-ring (bicyclic) bond motifs is 1. The molecule has 1 aromatic heterocycles. The average molecular weight is 293 g/mol. The van der Waals surface area contributed by atoms with Crippen molar-refractivity contribution in [2.45, 2.75) is 12.8 Å². The van der Waals surface area contributed by atoms with E-state index in [1.54, 1.807) is 12.1 Å². The van der Waals surface area contributed by atoms with Crippen molar-refractivity contribution in [1.29, 1.82) is 5.26 Å². The monoisotopic (exact) mass is 292 g/mol. The molecule has 0 atom stereocenters. The van der Waals surface area contributed by atoms with Gasteiger partial charge in [-0.2, -0.15) is 5.26 Å². The highest BCUT2D eigenvalue weighted by molar-refractivity contribution is 6.33. The minimum atomic E-state index is -0.254. The molecule has 104 valence electrons. The van der Waals surface area contributed by atoms with Gasteiger partial charge in [-0.05, 0) is 12.5 Å². The lowest BCUT2D eigenvalue weighted by Gasteiger charge is -2.12. The highest BCUT2D eigenvalue weighted by Gasteiger charge is 2.15. The van der Waals surface area contributed by atoms with Crippen LogP contribution in [-0.4, -0.2) is 19.2 Å². The summed E-state index contributed by atoms with van der Waals surface area (Å²) in [4.78, 5) is 14.8. The number of pyridine rings is 1. The van der Waals surface area contributed by atoms with Gasteiger partial charge in [0.25, 0.3) is 5.56 Å². The van der Waals surface area contributed by atoms with E-state index in [2.05, 4.69) is 4.98 Å². The highest BCUT2D eigenvalue weighted by Crippen LogP contribution is 2.38. The number of aromatic nitrogens is 1. The summed E-state index contributed by atoms with van der Waals surface area (Å²) in [6.45, 7) is 0. The van der Waals surface area contributed by atoms with Gasteiger partial charge in [-0.3, -0.25) is 4.79 Å². The summed E-state index contributed by atoms with van der Waals surface area (Å²) in [6, 6.07) is 5.37. The largest absolute Gasteiger partial charge is 0.496 e. The molecule has 0 aliphatic carbocycles. The number of ether oxygens (including phenoxy) is 2. The molecule has 20 heavy (non-hydrogen) atoms. The van der Waals surface area contributed by atoms with Crippen LogP contribution in [0.4, 0.5) is 0 Å². The third kappa shape index (κ3) is 2.43. The lowest BCUT2D eigenvalue weighted by Crippen LogP contribution is -2.13. The van der Waals surface area contributed by atoms with E-state index in [1.807, 2.05) is 6.07 Å². The Labute approximate surface area is 120 Å². The van der Waals surface area contributed by atoms with Crippen LogP contribution < -0.4 is 15.0 Å². The van der Waals surface area contributed by atoms with Gasteiger partial charge in [-0.15, -0.1) is 0 Å². The molecule has 2 aromatic rings. The number of rotatable bonds is 4. The summed E-state index contributed by atoms with van der Waals surface area (Å²) in [5.74, 6) is 0.937. The molecule has 0 bridgehead atoms. The van der Waals surface area contributed by atoms with Crippen LogP contribution in [0.5, 0.6) is 11.5 Å². The number of hydrogen-bond donors (Lipinski definition) is 1. The van der Waals surface area contributed by atoms with Crippen LogP contribution >= 0.6 is 11.6 Å². The average Bonchev–Trinajstić information content (AvgIpc) is 2.44. The lowest BCUT2D eigenvalue weighted by molar-refractivity contribution is 0.410. The quantitative estimate of drug-likeness (QED) is 0.940. The molecule has 0 radical (unpaired) electrons. The molecule has 6 heteroatoms. The number of aromatic amines is 1. The molecular weight excluding hydrogens is 280 g/mol. The second kappa shape index (κ2) is 5.85. The van der Waals surface area contributed by atoms with Gasteiger partial charge in [0, 0.05) is 23.4 Å². The SMILES string of the molecule is COc1cc(Cl)c(OC)c2[nH]c(=O)c(CCC#N)cc12. The fraction of sp³-hybridized carbons (Fsp3) is 0.286. The molecule has 0 unspecified atom stereocenters. The van der Waals surface area contributed by atoms with Crippen molar-refractivity contribution < 1.29 is 9.47 Å². The van der Waals surface area contributed by atoms with Crippen LogP contribution in [-0.2, 0) is 6.42 Å². The molecule has 1 N–H and O–H groups in total. The van der Waals surface area contributed by atoms with Gasteiger partial charge < -0.3 is 14.5 Å². The van der Waals surface area contributed by atoms with E-state index in [9.17, 15) is 4.79 Å². The number of nitrogens with zero attached hydrogens (tertiary/aromatic N) is 1. The Hall–Kier alpha value is -2.19. The predicted molar refractivity (Wildman–Crippen MR) is 76.6 cm³/mol. The summed E-state index contributed by atoms with van der Waals surface area (Å²) in [6.07, 6.45) is 0.664. The normalized spacial score (nSPS) is 10.3. The van der Waals surface area contributed by atoms with E-state index in [4.69, 9.17) is 26.3 Å². The Morgan fingerprint density at radius 3 is 2.70 bits per heavy atom. The molecular formula is C14H13ClN2O3. The van der Waals surface area contributed by atoms with Crippen molar-refractivity contribution in [3.8, 4) is 17.6 Å². The maximum Gasteiger partial charge on any atom is 0.251 e. The van der Waals surface area contributed by atoms with Gasteiger partial charge in [-0.1, -0.05) is 11.6 Å². The molecule has 1 aromatic carbocycles. The van der Waals surface area contributed by atoms with Crippen molar-refractivity contribution in [1.82, 2.24) is 4.98 Å². The molecule has 0 fully saturated rings. The lowest BCUT2D eigenvalue weighted by atomic mass is 10.1. The number of nitriles is 1. The standard InChI is InChI=1S/C14H13ClN2O3/c1-19-11-7-10(15)13(20-2)12-9(11)6-8(4-3-5-16)14(18)17-12/h6-7H,3-4H2,1-2H3,(H,17,18). The van der Waals surface area contributed by atoms with Gasteiger partial charge in [0.1, 0.15) is 5.75 Å². The number of halogens is 1. The first-order valence-corrected chi connectivity index (χ1v) is 6.33. The van der Waals surface area contributed by atoms with Crippen LogP contribution in [0.25, 0.3) is 10.9 Å². The highest BCUT2D eigenvalue weighted by atomic mass is 35.5. The fourth-order valence-electron chi connectivity index (χ4n) is 2.07. The number of methoxy groups -OCH3 is 2. The Bertz CT molecular complexity index is 747. The fourth-order valence-corrected chi connectivity index (χ4v) is 2.34. The van der Waals surface area contributed by atoms with Gasteiger partial charge in [0.2, 0.25) is 0 Å². The summed E-state index contributed by atoms with van der Waals surface area (Å²) in [5.41, 5.74) is 0.764. The van der Waals surface area contributed by atoms with E-state index in [-0.39, 0.29) is 12.0 Å². The van der Waals surface area contributed by atoms with Crippen LogP contribution in [0, 0.1) is 11.3 Å². The topological polar surface area (TPSA) is 75.1 Å². The maximum absolute atomic E-state index is 12.0. The van der Waals surface area contributed by atoms with Gasteiger partial charge in [-0.25, -0.2) is 0 Å². The molecule has 0 saturated carbocycles. The molecule has 0 aliphatic rings. The van der Waals surface area contributed by atoms with Crippen molar-refractivity contribution in [3.05, 3.63) is 33.1 Å². The molecule has 0 amide bonds. The first-order valence-electron chi connectivity index (χ1n) is 5.95. The number of benzene rings is 1. The number of nitrogens with one attached hydrogen (secondary N) is 1. The predicted octanol–water partition coefficient (Wildman–Crippen LogP) is 2.65. The van der Waals surface area contributed by atoms with E-state index >= 15 is 0 Å². The Morgan fingerprint density at radius 2 is 2.10 bits per heavy atom. The smallest absolute Gasteiger partial charge is 0.251 e. The summed E-state index contributed by atoms with van der Waals surface area (Å²) in [5, 5.41) is 9.68. The van der Waals surface area contributed by atoms with Crippen molar-refractivity contribution in [2.24, 2.45) is 0 Å². The second-order valence-electron chi connectivity index (χ2n) is 4.16. The Morgan fingerprint density at radius 1 is 1.35 bits per heavy atom. The van der Waals surface area contributed by atoms with E-state index < -0.39 is 0 Å². The second-order valence-corrected chi connectivity index (χ2v) is 4.57. The Kier molecular flexibility index (Phi) is 4.16. The van der Waals surface area contributed by atoms with Crippen molar-refractivity contribution in [2.75, 3.05) is 14.2 Å². The summed E-state index contributed by atoms with van der Waals surface area (Å²) >= 11 is 6.09. The van der Waals surface area contributed by atoms with E-state index in [1.165, 1.54) is 14.2 Å². The van der Waals surface area contributed by atoms with Crippen LogP contribution in [0.3, 0.4) is 0 Å². The molecule has 5 nitrogen and oxygen atoms in total. The third-order valence-electron chi connectivity index (χ3n) is 3.02. The third-order valence-corrected chi connectivity index (χ3v) is 3.30. The summed E-state index contributed by atoms with van der Waals surface area (Å²) < 4.78 is 10.5.